The fourth-order valence-corrected chi connectivity index (χ4v) is 2.72. The van der Waals surface area contributed by atoms with Gasteiger partial charge in [0.05, 0.1) is 30.2 Å². The van der Waals surface area contributed by atoms with Crippen molar-refractivity contribution < 1.29 is 14.3 Å². The van der Waals surface area contributed by atoms with Crippen LogP contribution < -0.4 is 4.74 Å². The Morgan fingerprint density at radius 2 is 1.80 bits per heavy atom. The van der Waals surface area contributed by atoms with Crippen molar-refractivity contribution in [3.63, 3.8) is 0 Å². The summed E-state index contributed by atoms with van der Waals surface area (Å²) in [7, 11) is 0. The fourth-order valence-electron chi connectivity index (χ4n) is 2.72. The number of nitrogens with zero attached hydrogens (tertiary/aromatic N) is 4. The highest BCUT2D eigenvalue weighted by Crippen LogP contribution is 2.29. The molecule has 2 heterocycles. The number of fused-ring (bicyclic) bond motifs is 1. The van der Waals surface area contributed by atoms with Gasteiger partial charge >= 0.3 is 5.97 Å². The zero-order chi connectivity index (χ0) is 18.0. The van der Waals surface area contributed by atoms with Gasteiger partial charge in [0, 0.05) is 0 Å². The first kappa shape index (κ1) is 16.9. The molecule has 0 atom stereocenters. The van der Waals surface area contributed by atoms with Crippen LogP contribution in [0.25, 0.3) is 16.8 Å². The molecular formula is C18H20N4O3. The van der Waals surface area contributed by atoms with Gasteiger partial charge in [0.25, 0.3) is 0 Å². The number of aromatic nitrogens is 4. The van der Waals surface area contributed by atoms with Crippen molar-refractivity contribution in [2.45, 2.75) is 27.7 Å². The van der Waals surface area contributed by atoms with Crippen molar-refractivity contribution in [2.75, 3.05) is 13.2 Å². The molecule has 3 rings (SSSR count). The van der Waals surface area contributed by atoms with Crippen LogP contribution in [0.2, 0.25) is 0 Å². The van der Waals surface area contributed by atoms with Gasteiger partial charge in [-0.1, -0.05) is 12.1 Å². The molecule has 0 N–H and O–H groups in total. The molecule has 0 fully saturated rings. The van der Waals surface area contributed by atoms with Crippen LogP contribution in [0.1, 0.15) is 35.7 Å². The molecule has 25 heavy (non-hydrogen) atoms. The fraction of sp³-hybridized carbons (Fsp3) is 0.333. The normalized spacial score (nSPS) is 10.9. The second-order valence-electron chi connectivity index (χ2n) is 5.51. The zero-order valence-corrected chi connectivity index (χ0v) is 14.7. The van der Waals surface area contributed by atoms with E-state index in [1.54, 1.807) is 18.4 Å². The molecule has 0 aliphatic carbocycles. The molecule has 0 spiro atoms. The monoisotopic (exact) mass is 340 g/mol. The minimum atomic E-state index is -0.495. The highest BCUT2D eigenvalue weighted by atomic mass is 16.5. The van der Waals surface area contributed by atoms with Crippen LogP contribution in [-0.4, -0.2) is 39.0 Å². The van der Waals surface area contributed by atoms with Crippen LogP contribution in [0, 0.1) is 13.8 Å². The Morgan fingerprint density at radius 1 is 1.08 bits per heavy atom. The van der Waals surface area contributed by atoms with Crippen molar-refractivity contribution in [1.29, 1.82) is 0 Å². The van der Waals surface area contributed by atoms with E-state index in [1.165, 1.54) is 0 Å². The predicted octanol–water partition coefficient (Wildman–Crippen LogP) is 2.98. The number of aryl methyl sites for hydroxylation is 2. The average Bonchev–Trinajstić information content (AvgIpc) is 2.93. The summed E-state index contributed by atoms with van der Waals surface area (Å²) in [4.78, 5) is 12.0. The molecule has 0 aliphatic rings. The molecule has 0 saturated heterocycles. The molecule has 0 bridgehead atoms. The standard InChI is InChI=1S/C18H20N4O3/c1-5-24-14-9-7-13(8-10-14)15-11(3)21-22-12(4)16(18(23)25-6-2)19-20-17(15)22/h7-10H,5-6H2,1-4H3. The van der Waals surface area contributed by atoms with E-state index in [4.69, 9.17) is 9.47 Å². The first-order chi connectivity index (χ1) is 12.1. The van der Waals surface area contributed by atoms with Gasteiger partial charge < -0.3 is 9.47 Å². The van der Waals surface area contributed by atoms with Crippen LogP contribution in [0.4, 0.5) is 0 Å². The topological polar surface area (TPSA) is 78.6 Å². The van der Waals surface area contributed by atoms with Gasteiger partial charge in [-0.05, 0) is 45.4 Å². The molecular weight excluding hydrogens is 320 g/mol. The molecule has 7 heteroatoms. The summed E-state index contributed by atoms with van der Waals surface area (Å²) in [5, 5.41) is 12.8. The lowest BCUT2D eigenvalue weighted by atomic mass is 10.1. The second-order valence-corrected chi connectivity index (χ2v) is 5.51. The third-order valence-electron chi connectivity index (χ3n) is 3.86. The summed E-state index contributed by atoms with van der Waals surface area (Å²) in [6.45, 7) is 8.29. The quantitative estimate of drug-likeness (QED) is 0.664. The Balaban J connectivity index is 2.09. The average molecular weight is 340 g/mol. The largest absolute Gasteiger partial charge is 0.494 e. The lowest BCUT2D eigenvalue weighted by Gasteiger charge is -2.06. The Morgan fingerprint density at radius 3 is 2.44 bits per heavy atom. The predicted molar refractivity (Wildman–Crippen MR) is 92.8 cm³/mol. The SMILES string of the molecule is CCOC(=O)c1nnc2c(-c3ccc(OCC)cc3)c(C)nn2c1C. The van der Waals surface area contributed by atoms with Gasteiger partial charge in [0.1, 0.15) is 5.75 Å². The van der Waals surface area contributed by atoms with Crippen LogP contribution >= 0.6 is 0 Å². The Hall–Kier alpha value is -2.96. The lowest BCUT2D eigenvalue weighted by molar-refractivity contribution is 0.0516. The van der Waals surface area contributed by atoms with Crippen molar-refractivity contribution in [1.82, 2.24) is 19.8 Å². The van der Waals surface area contributed by atoms with E-state index in [9.17, 15) is 4.79 Å². The van der Waals surface area contributed by atoms with Gasteiger partial charge in [0.15, 0.2) is 11.3 Å². The third kappa shape index (κ3) is 3.05. The Kier molecular flexibility index (Phi) is 4.65. The van der Waals surface area contributed by atoms with Gasteiger partial charge in [-0.3, -0.25) is 0 Å². The van der Waals surface area contributed by atoms with E-state index in [1.807, 2.05) is 38.1 Å². The summed E-state index contributed by atoms with van der Waals surface area (Å²) in [6, 6.07) is 7.75. The summed E-state index contributed by atoms with van der Waals surface area (Å²) in [5.41, 5.74) is 4.04. The van der Waals surface area contributed by atoms with E-state index in [0.29, 0.717) is 17.9 Å². The molecule has 1 aromatic carbocycles. The molecule has 3 aromatic rings. The van der Waals surface area contributed by atoms with Crippen molar-refractivity contribution >= 4 is 11.6 Å². The zero-order valence-electron chi connectivity index (χ0n) is 14.7. The maximum Gasteiger partial charge on any atom is 0.360 e. The Labute approximate surface area is 145 Å². The van der Waals surface area contributed by atoms with Crippen LogP contribution in [0.15, 0.2) is 24.3 Å². The van der Waals surface area contributed by atoms with Crippen LogP contribution in [0.5, 0.6) is 5.75 Å². The summed E-state index contributed by atoms with van der Waals surface area (Å²) < 4.78 is 12.1. The maximum absolute atomic E-state index is 12.0. The second kappa shape index (κ2) is 6.88. The third-order valence-corrected chi connectivity index (χ3v) is 3.86. The van der Waals surface area contributed by atoms with Gasteiger partial charge in [0.2, 0.25) is 0 Å². The van der Waals surface area contributed by atoms with Crippen LogP contribution in [-0.2, 0) is 4.74 Å². The van der Waals surface area contributed by atoms with E-state index in [-0.39, 0.29) is 12.3 Å². The number of hydrogen-bond donors (Lipinski definition) is 0. The van der Waals surface area contributed by atoms with Gasteiger partial charge in [-0.25, -0.2) is 9.31 Å². The van der Waals surface area contributed by atoms with E-state index < -0.39 is 5.97 Å². The molecule has 0 saturated carbocycles. The number of benzene rings is 1. The molecule has 130 valence electrons. The number of esters is 1. The summed E-state index contributed by atoms with van der Waals surface area (Å²) >= 11 is 0. The van der Waals surface area contributed by atoms with E-state index >= 15 is 0 Å². The highest BCUT2D eigenvalue weighted by Gasteiger charge is 2.20. The molecule has 0 unspecified atom stereocenters. The van der Waals surface area contributed by atoms with Crippen molar-refractivity contribution in [3.05, 3.63) is 41.3 Å². The smallest absolute Gasteiger partial charge is 0.360 e. The van der Waals surface area contributed by atoms with E-state index in [2.05, 4.69) is 15.3 Å². The molecule has 0 amide bonds. The minimum absolute atomic E-state index is 0.176. The Bertz CT molecular complexity index is 916. The number of rotatable bonds is 5. The van der Waals surface area contributed by atoms with Gasteiger partial charge in [-0.15, -0.1) is 10.2 Å². The number of carbonyl (C=O) groups is 1. The summed E-state index contributed by atoms with van der Waals surface area (Å²) in [6.07, 6.45) is 0. The number of carbonyl (C=O) groups excluding carboxylic acids is 1. The van der Waals surface area contributed by atoms with Gasteiger partial charge in [-0.2, -0.15) is 5.10 Å². The first-order valence-corrected chi connectivity index (χ1v) is 8.19. The lowest BCUT2D eigenvalue weighted by Crippen LogP contribution is -2.14. The highest BCUT2D eigenvalue weighted by molar-refractivity contribution is 5.89. The molecule has 0 radical (unpaired) electrons. The minimum Gasteiger partial charge on any atom is -0.494 e. The molecule has 2 aromatic heterocycles. The maximum atomic E-state index is 12.0. The van der Waals surface area contributed by atoms with Crippen molar-refractivity contribution in [2.24, 2.45) is 0 Å². The number of ether oxygens (including phenoxy) is 2. The number of hydrogen-bond acceptors (Lipinski definition) is 6. The summed E-state index contributed by atoms with van der Waals surface area (Å²) in [5.74, 6) is 0.317. The van der Waals surface area contributed by atoms with Crippen LogP contribution in [0.3, 0.4) is 0 Å². The molecule has 0 aliphatic heterocycles. The van der Waals surface area contributed by atoms with Crippen molar-refractivity contribution in [3.8, 4) is 16.9 Å². The molecule has 7 nitrogen and oxygen atoms in total. The van der Waals surface area contributed by atoms with E-state index in [0.717, 1.165) is 22.6 Å². The first-order valence-electron chi connectivity index (χ1n) is 8.19.